The number of halogens is 1. The number of aldehydes is 1. The maximum absolute atomic E-state index is 12.0. The lowest BCUT2D eigenvalue weighted by atomic mass is 9.92. The molecule has 1 unspecified atom stereocenters. The fourth-order valence-electron chi connectivity index (χ4n) is 1.38. The van der Waals surface area contributed by atoms with Gasteiger partial charge in [0.05, 0.1) is 6.67 Å². The van der Waals surface area contributed by atoms with Crippen LogP contribution in [0.1, 0.15) is 25.7 Å². The van der Waals surface area contributed by atoms with Crippen molar-refractivity contribution in [3.63, 3.8) is 0 Å². The lowest BCUT2D eigenvalue weighted by molar-refractivity contribution is -0.139. The van der Waals surface area contributed by atoms with Crippen LogP contribution in [0.15, 0.2) is 0 Å². The van der Waals surface area contributed by atoms with Gasteiger partial charge in [0.1, 0.15) is 5.60 Å². The molecule has 0 radical (unpaired) electrons. The fraction of sp³-hybridized carbons (Fsp3) is 0.875. The summed E-state index contributed by atoms with van der Waals surface area (Å²) in [5.41, 5.74) is -0.785. The van der Waals surface area contributed by atoms with Gasteiger partial charge in [0, 0.05) is 13.0 Å². The van der Waals surface area contributed by atoms with Crippen molar-refractivity contribution in [2.75, 3.05) is 13.3 Å². The monoisotopic (exact) mass is 160 g/mol. The quantitative estimate of drug-likeness (QED) is 0.584. The molecule has 0 N–H and O–H groups in total. The van der Waals surface area contributed by atoms with Crippen molar-refractivity contribution in [1.82, 2.24) is 0 Å². The Morgan fingerprint density at radius 1 is 1.55 bits per heavy atom. The first-order chi connectivity index (χ1) is 5.33. The second-order valence-electron chi connectivity index (χ2n) is 2.93. The topological polar surface area (TPSA) is 26.3 Å². The van der Waals surface area contributed by atoms with Crippen LogP contribution in [-0.4, -0.2) is 25.2 Å². The van der Waals surface area contributed by atoms with E-state index in [-0.39, 0.29) is 6.42 Å². The average Bonchev–Trinajstić information content (AvgIpc) is 2.07. The summed E-state index contributed by atoms with van der Waals surface area (Å²) in [5, 5.41) is 0. The maximum Gasteiger partial charge on any atom is 0.151 e. The molecule has 0 aromatic carbocycles. The molecule has 1 atom stereocenters. The molecule has 0 aliphatic carbocycles. The Morgan fingerprint density at radius 2 is 2.36 bits per heavy atom. The van der Waals surface area contributed by atoms with Gasteiger partial charge >= 0.3 is 0 Å². The molecule has 1 aliphatic heterocycles. The van der Waals surface area contributed by atoms with E-state index in [4.69, 9.17) is 4.74 Å². The molecule has 0 spiro atoms. The number of carbonyl (C=O) groups excluding carboxylic acids is 1. The van der Waals surface area contributed by atoms with Crippen molar-refractivity contribution in [2.45, 2.75) is 31.3 Å². The zero-order valence-corrected chi connectivity index (χ0v) is 6.51. The molecule has 1 heterocycles. The van der Waals surface area contributed by atoms with E-state index in [1.54, 1.807) is 0 Å². The molecular weight excluding hydrogens is 147 g/mol. The van der Waals surface area contributed by atoms with Gasteiger partial charge in [-0.3, -0.25) is 4.39 Å². The summed E-state index contributed by atoms with van der Waals surface area (Å²) in [5.74, 6) is 0. The van der Waals surface area contributed by atoms with Crippen molar-refractivity contribution in [1.29, 1.82) is 0 Å². The molecule has 0 saturated carbocycles. The number of hydrogen-bond acceptors (Lipinski definition) is 2. The molecule has 2 nitrogen and oxygen atoms in total. The van der Waals surface area contributed by atoms with Crippen molar-refractivity contribution in [3.05, 3.63) is 0 Å². The third-order valence-corrected chi connectivity index (χ3v) is 2.12. The first-order valence-electron chi connectivity index (χ1n) is 3.99. The maximum atomic E-state index is 12.0. The van der Waals surface area contributed by atoms with Gasteiger partial charge in [0.25, 0.3) is 0 Å². The van der Waals surface area contributed by atoms with Crippen LogP contribution < -0.4 is 0 Å². The van der Waals surface area contributed by atoms with Crippen LogP contribution in [0.5, 0.6) is 0 Å². The summed E-state index contributed by atoms with van der Waals surface area (Å²) in [6, 6.07) is 0. The molecule has 0 aromatic heterocycles. The molecule has 1 fully saturated rings. The van der Waals surface area contributed by atoms with E-state index in [1.165, 1.54) is 0 Å². The minimum atomic E-state index is -0.785. The molecule has 0 amide bonds. The van der Waals surface area contributed by atoms with Gasteiger partial charge in [-0.05, 0) is 19.3 Å². The van der Waals surface area contributed by atoms with Gasteiger partial charge in [-0.15, -0.1) is 0 Å². The lowest BCUT2D eigenvalue weighted by Gasteiger charge is -2.31. The highest BCUT2D eigenvalue weighted by molar-refractivity contribution is 5.62. The summed E-state index contributed by atoms with van der Waals surface area (Å²) in [6.07, 6.45) is 3.61. The normalized spacial score (nSPS) is 31.7. The summed E-state index contributed by atoms with van der Waals surface area (Å²) in [7, 11) is 0. The summed E-state index contributed by atoms with van der Waals surface area (Å²) >= 11 is 0. The summed E-state index contributed by atoms with van der Waals surface area (Å²) < 4.78 is 17.2. The Hall–Kier alpha value is -0.440. The fourth-order valence-corrected chi connectivity index (χ4v) is 1.38. The Bertz CT molecular complexity index is 125. The molecule has 64 valence electrons. The molecule has 11 heavy (non-hydrogen) atoms. The van der Waals surface area contributed by atoms with Crippen LogP contribution in [0.25, 0.3) is 0 Å². The predicted molar refractivity (Wildman–Crippen MR) is 39.2 cm³/mol. The van der Waals surface area contributed by atoms with Gasteiger partial charge in [-0.2, -0.15) is 0 Å². The largest absolute Gasteiger partial charge is 0.367 e. The van der Waals surface area contributed by atoms with Crippen LogP contribution in [0.4, 0.5) is 4.39 Å². The van der Waals surface area contributed by atoms with Gasteiger partial charge in [-0.25, -0.2) is 0 Å². The second kappa shape index (κ2) is 3.81. The molecule has 3 heteroatoms. The van der Waals surface area contributed by atoms with Gasteiger partial charge in [0.2, 0.25) is 0 Å². The highest BCUT2D eigenvalue weighted by atomic mass is 19.1. The molecule has 0 aromatic rings. The zero-order chi connectivity index (χ0) is 8.16. The summed E-state index contributed by atoms with van der Waals surface area (Å²) in [4.78, 5) is 10.6. The number of ether oxygens (including phenoxy) is 1. The Kier molecular flexibility index (Phi) is 3.00. The molecule has 1 aliphatic rings. The van der Waals surface area contributed by atoms with Crippen LogP contribution in [0.2, 0.25) is 0 Å². The third kappa shape index (κ3) is 1.99. The first-order valence-corrected chi connectivity index (χ1v) is 3.99. The van der Waals surface area contributed by atoms with Crippen molar-refractivity contribution < 1.29 is 13.9 Å². The number of alkyl halides is 1. The van der Waals surface area contributed by atoms with Crippen LogP contribution in [0, 0.1) is 0 Å². The van der Waals surface area contributed by atoms with Crippen LogP contribution >= 0.6 is 0 Å². The van der Waals surface area contributed by atoms with Crippen molar-refractivity contribution >= 4 is 6.29 Å². The highest BCUT2D eigenvalue weighted by Crippen LogP contribution is 2.26. The van der Waals surface area contributed by atoms with E-state index in [0.29, 0.717) is 13.0 Å². The smallest absolute Gasteiger partial charge is 0.151 e. The number of rotatable bonds is 3. The van der Waals surface area contributed by atoms with Crippen molar-refractivity contribution in [2.24, 2.45) is 0 Å². The molecule has 1 rings (SSSR count). The number of hydrogen-bond donors (Lipinski definition) is 0. The van der Waals surface area contributed by atoms with E-state index >= 15 is 0 Å². The lowest BCUT2D eigenvalue weighted by Crippen LogP contribution is -2.38. The minimum absolute atomic E-state index is 0.219. The molecular formula is C8H13FO2. The van der Waals surface area contributed by atoms with E-state index in [9.17, 15) is 9.18 Å². The van der Waals surface area contributed by atoms with Crippen molar-refractivity contribution in [3.8, 4) is 0 Å². The molecule has 1 saturated heterocycles. The molecule has 0 bridgehead atoms. The van der Waals surface area contributed by atoms with E-state index in [2.05, 4.69) is 0 Å². The van der Waals surface area contributed by atoms with Gasteiger partial charge < -0.3 is 9.53 Å². The van der Waals surface area contributed by atoms with E-state index in [0.717, 1.165) is 19.1 Å². The minimum Gasteiger partial charge on any atom is -0.367 e. The Balaban J connectivity index is 2.49. The second-order valence-corrected chi connectivity index (χ2v) is 2.93. The number of carbonyl (C=O) groups is 1. The third-order valence-electron chi connectivity index (χ3n) is 2.12. The summed E-state index contributed by atoms with van der Waals surface area (Å²) in [6.45, 7) is 0.123. The predicted octanol–water partition coefficient (Wildman–Crippen LogP) is 1.48. The van der Waals surface area contributed by atoms with Crippen LogP contribution in [0.3, 0.4) is 0 Å². The Labute approximate surface area is 65.7 Å². The Morgan fingerprint density at radius 3 is 2.82 bits per heavy atom. The zero-order valence-electron chi connectivity index (χ0n) is 6.51. The van der Waals surface area contributed by atoms with Crippen LogP contribution in [-0.2, 0) is 9.53 Å². The van der Waals surface area contributed by atoms with Gasteiger partial charge in [-0.1, -0.05) is 0 Å². The highest BCUT2D eigenvalue weighted by Gasteiger charge is 2.32. The standard InChI is InChI=1S/C8H13FO2/c9-5-4-8(7-10)3-1-2-6-11-8/h7H,1-6H2. The van der Waals surface area contributed by atoms with E-state index in [1.807, 2.05) is 0 Å². The SMILES string of the molecule is O=CC1(CCF)CCCCO1. The van der Waals surface area contributed by atoms with Gasteiger partial charge in [0.15, 0.2) is 6.29 Å². The first kappa shape index (κ1) is 8.65. The average molecular weight is 160 g/mol. The van der Waals surface area contributed by atoms with E-state index < -0.39 is 12.3 Å².